The first-order valence-corrected chi connectivity index (χ1v) is 9.13. The molecule has 0 saturated carbocycles. The van der Waals surface area contributed by atoms with Crippen molar-refractivity contribution in [3.8, 4) is 11.5 Å². The normalized spacial score (nSPS) is 13.8. The number of benzene rings is 2. The van der Waals surface area contributed by atoms with E-state index in [2.05, 4.69) is 5.09 Å². The molecule has 148 valence electrons. The second kappa shape index (κ2) is 8.46. The molecule has 28 heavy (non-hydrogen) atoms. The molecule has 2 aromatic carbocycles. The third-order valence-electron chi connectivity index (χ3n) is 3.26. The minimum Gasteiger partial charge on any atom is -0.480 e. The first-order chi connectivity index (χ1) is 13.1. The maximum atomic E-state index is 13.1. The fourth-order valence-corrected chi connectivity index (χ4v) is 3.49. The van der Waals surface area contributed by atoms with Gasteiger partial charge in [-0.2, -0.15) is 5.09 Å². The second-order valence-corrected chi connectivity index (χ2v) is 6.97. The number of nitro benzene ring substituents is 2. The van der Waals surface area contributed by atoms with Gasteiger partial charge in [0.2, 0.25) is 5.75 Å². The number of carboxylic acids is 1. The van der Waals surface area contributed by atoms with E-state index in [1.54, 1.807) is 18.2 Å². The largest absolute Gasteiger partial charge is 0.513 e. The predicted octanol–water partition coefficient (Wildman–Crippen LogP) is 3.13. The molecule has 2 aromatic rings. The maximum Gasteiger partial charge on any atom is 0.513 e. The van der Waals surface area contributed by atoms with E-state index in [1.807, 2.05) is 0 Å². The van der Waals surface area contributed by atoms with Crippen LogP contribution in [0.3, 0.4) is 0 Å². The number of carboxylic acid groups (broad SMARTS) is 1. The average Bonchev–Trinajstić information content (AvgIpc) is 2.62. The van der Waals surface area contributed by atoms with Crippen LogP contribution in [0.5, 0.6) is 11.5 Å². The monoisotopic (exact) mass is 411 g/mol. The van der Waals surface area contributed by atoms with Crippen molar-refractivity contribution >= 4 is 25.1 Å². The van der Waals surface area contributed by atoms with E-state index >= 15 is 0 Å². The third-order valence-corrected chi connectivity index (χ3v) is 4.85. The molecule has 2 atom stereocenters. The summed E-state index contributed by atoms with van der Waals surface area (Å²) in [6.45, 7) is 1.16. The van der Waals surface area contributed by atoms with Crippen LogP contribution in [0.1, 0.15) is 6.92 Å². The van der Waals surface area contributed by atoms with Gasteiger partial charge in [-0.15, -0.1) is 0 Å². The van der Waals surface area contributed by atoms with Crippen LogP contribution in [0, 0.1) is 20.2 Å². The standard InChI is InChI=1S/C15H14N3O9P/c1-10(15(19)20)16-28(25,26-12-5-3-2-4-6-12)27-14-8-7-11(17(21)22)9-13(14)18(23)24/h2-10H,1H3,(H,16,25)(H,19,20)/t10-,28?/m0/s1. The number of nitrogens with one attached hydrogen (secondary N) is 1. The molecule has 1 unspecified atom stereocenters. The van der Waals surface area contributed by atoms with Crippen molar-refractivity contribution in [1.29, 1.82) is 0 Å². The quantitative estimate of drug-likeness (QED) is 0.355. The lowest BCUT2D eigenvalue weighted by Gasteiger charge is -2.22. The van der Waals surface area contributed by atoms with Crippen molar-refractivity contribution in [3.63, 3.8) is 0 Å². The molecular formula is C15H14N3O9P. The van der Waals surface area contributed by atoms with E-state index in [1.165, 1.54) is 12.1 Å². The highest BCUT2D eigenvalue weighted by Crippen LogP contribution is 2.48. The topological polar surface area (TPSA) is 171 Å². The highest BCUT2D eigenvalue weighted by molar-refractivity contribution is 7.52. The Labute approximate surface area is 157 Å². The van der Waals surface area contributed by atoms with E-state index < -0.39 is 46.7 Å². The molecule has 12 nitrogen and oxygen atoms in total. The van der Waals surface area contributed by atoms with Gasteiger partial charge in [0, 0.05) is 6.07 Å². The van der Waals surface area contributed by atoms with Gasteiger partial charge >= 0.3 is 19.4 Å². The molecule has 0 saturated heterocycles. The SMILES string of the molecule is C[C@H](NP(=O)(Oc1ccccc1)Oc1ccc([N+](=O)[O-])cc1[N+](=O)[O-])C(=O)O. The van der Waals surface area contributed by atoms with Gasteiger partial charge in [-0.05, 0) is 25.1 Å². The molecule has 0 aliphatic heterocycles. The van der Waals surface area contributed by atoms with E-state index in [4.69, 9.17) is 14.2 Å². The molecule has 0 heterocycles. The van der Waals surface area contributed by atoms with E-state index in [0.717, 1.165) is 19.1 Å². The van der Waals surface area contributed by atoms with Gasteiger partial charge in [0.15, 0.2) is 0 Å². The summed E-state index contributed by atoms with van der Waals surface area (Å²) < 4.78 is 23.5. The average molecular weight is 411 g/mol. The molecule has 0 aliphatic carbocycles. The number of non-ortho nitro benzene ring substituents is 1. The van der Waals surface area contributed by atoms with Crippen LogP contribution in [0.15, 0.2) is 48.5 Å². The molecular weight excluding hydrogens is 397 g/mol. The maximum absolute atomic E-state index is 13.1. The van der Waals surface area contributed by atoms with Crippen molar-refractivity contribution in [2.24, 2.45) is 0 Å². The van der Waals surface area contributed by atoms with Crippen LogP contribution in [-0.2, 0) is 9.36 Å². The zero-order chi connectivity index (χ0) is 20.9. The summed E-state index contributed by atoms with van der Waals surface area (Å²) in [7, 11) is -4.48. The smallest absolute Gasteiger partial charge is 0.480 e. The van der Waals surface area contributed by atoms with Gasteiger partial charge in [-0.25, -0.2) is 4.57 Å². The number of nitro groups is 2. The Morgan fingerprint density at radius 1 is 1.11 bits per heavy atom. The molecule has 0 spiro atoms. The lowest BCUT2D eigenvalue weighted by Crippen LogP contribution is -2.34. The molecule has 2 rings (SSSR count). The zero-order valence-corrected chi connectivity index (χ0v) is 15.1. The fourth-order valence-electron chi connectivity index (χ4n) is 1.95. The number of rotatable bonds is 9. The van der Waals surface area contributed by atoms with Crippen molar-refractivity contribution in [3.05, 3.63) is 68.8 Å². The summed E-state index contributed by atoms with van der Waals surface area (Å²) in [4.78, 5) is 31.3. The zero-order valence-electron chi connectivity index (χ0n) is 14.3. The van der Waals surface area contributed by atoms with Crippen LogP contribution < -0.4 is 14.1 Å². The third kappa shape index (κ3) is 5.25. The summed E-state index contributed by atoms with van der Waals surface area (Å²) >= 11 is 0. The molecule has 0 fully saturated rings. The van der Waals surface area contributed by atoms with Crippen molar-refractivity contribution in [2.45, 2.75) is 13.0 Å². The highest BCUT2D eigenvalue weighted by atomic mass is 31.2. The van der Waals surface area contributed by atoms with Crippen LogP contribution in [-0.4, -0.2) is 27.0 Å². The van der Waals surface area contributed by atoms with E-state index in [0.29, 0.717) is 6.07 Å². The lowest BCUT2D eigenvalue weighted by molar-refractivity contribution is -0.394. The van der Waals surface area contributed by atoms with Gasteiger partial charge in [0.05, 0.1) is 15.9 Å². The summed E-state index contributed by atoms with van der Waals surface area (Å²) in [6, 6.07) is 8.59. The molecule has 0 amide bonds. The summed E-state index contributed by atoms with van der Waals surface area (Å²) in [5.41, 5.74) is -1.42. The van der Waals surface area contributed by atoms with Gasteiger partial charge in [0.1, 0.15) is 11.8 Å². The minimum absolute atomic E-state index is 0.0421. The summed E-state index contributed by atoms with van der Waals surface area (Å²) in [5, 5.41) is 33.2. The predicted molar refractivity (Wildman–Crippen MR) is 95.3 cm³/mol. The number of hydrogen-bond donors (Lipinski definition) is 2. The number of hydrogen-bond acceptors (Lipinski definition) is 8. The lowest BCUT2D eigenvalue weighted by atomic mass is 10.2. The molecule has 0 bridgehead atoms. The van der Waals surface area contributed by atoms with Gasteiger partial charge in [-0.3, -0.25) is 25.0 Å². The number of para-hydroxylation sites is 1. The number of nitrogens with zero attached hydrogens (tertiary/aromatic N) is 2. The van der Waals surface area contributed by atoms with Gasteiger partial charge in [-0.1, -0.05) is 18.2 Å². The summed E-state index contributed by atoms with van der Waals surface area (Å²) in [5.74, 6) is -1.93. The van der Waals surface area contributed by atoms with Crippen LogP contribution in [0.4, 0.5) is 11.4 Å². The first-order valence-electron chi connectivity index (χ1n) is 7.59. The number of carbonyl (C=O) groups is 1. The first kappa shape index (κ1) is 20.8. The van der Waals surface area contributed by atoms with Crippen LogP contribution in [0.25, 0.3) is 0 Å². The Morgan fingerprint density at radius 3 is 2.29 bits per heavy atom. The second-order valence-electron chi connectivity index (χ2n) is 5.35. The Hall–Kier alpha value is -3.50. The highest BCUT2D eigenvalue weighted by Gasteiger charge is 2.36. The molecule has 13 heteroatoms. The van der Waals surface area contributed by atoms with Crippen molar-refractivity contribution in [1.82, 2.24) is 5.09 Å². The molecule has 0 aliphatic rings. The van der Waals surface area contributed by atoms with Crippen molar-refractivity contribution in [2.75, 3.05) is 0 Å². The van der Waals surface area contributed by atoms with Gasteiger partial charge < -0.3 is 14.2 Å². The molecule has 0 radical (unpaired) electrons. The number of aliphatic carboxylic acids is 1. The Kier molecular flexibility index (Phi) is 6.29. The Bertz CT molecular complexity index is 951. The Morgan fingerprint density at radius 2 is 1.75 bits per heavy atom. The fraction of sp³-hybridized carbons (Fsp3) is 0.133. The summed E-state index contributed by atoms with van der Waals surface area (Å²) in [6.07, 6.45) is 0. The Balaban J connectivity index is 2.44. The molecule has 0 aromatic heterocycles. The van der Waals surface area contributed by atoms with E-state index in [-0.39, 0.29) is 5.75 Å². The molecule has 2 N–H and O–H groups in total. The van der Waals surface area contributed by atoms with Gasteiger partial charge in [0.25, 0.3) is 5.69 Å². The van der Waals surface area contributed by atoms with Crippen molar-refractivity contribution < 1.29 is 33.4 Å². The van der Waals surface area contributed by atoms with Crippen LogP contribution >= 0.6 is 7.75 Å². The van der Waals surface area contributed by atoms with Crippen LogP contribution in [0.2, 0.25) is 0 Å². The minimum atomic E-state index is -4.48. The van der Waals surface area contributed by atoms with E-state index in [9.17, 15) is 29.6 Å².